The third-order valence-corrected chi connectivity index (χ3v) is 4.96. The van der Waals surface area contributed by atoms with Crippen LogP contribution in [0.1, 0.15) is 54.5 Å². The Balaban J connectivity index is 1.16. The molecule has 0 bridgehead atoms. The van der Waals surface area contributed by atoms with Crippen molar-refractivity contribution < 1.29 is 9.59 Å². The van der Waals surface area contributed by atoms with Crippen LogP contribution in [-0.2, 0) is 0 Å². The number of para-hydroxylation sites is 2. The molecule has 2 aromatic carbocycles. The molecule has 0 aliphatic carbocycles. The minimum absolute atomic E-state index is 0.0352. The Morgan fingerprint density at radius 1 is 0.621 bits per heavy atom. The molecular formula is C21H22N6O2. The summed E-state index contributed by atoms with van der Waals surface area (Å²) in [5, 5.41) is 15.9. The predicted molar refractivity (Wildman–Crippen MR) is 109 cm³/mol. The summed E-state index contributed by atoms with van der Waals surface area (Å²) in [4.78, 5) is 24.7. The van der Waals surface area contributed by atoms with Crippen LogP contribution in [0, 0.1) is 0 Å². The quantitative estimate of drug-likeness (QED) is 0.424. The molecule has 8 nitrogen and oxygen atoms in total. The van der Waals surface area contributed by atoms with Crippen molar-refractivity contribution in [2.45, 2.75) is 44.9 Å². The lowest BCUT2D eigenvalue weighted by atomic mass is 10.1. The van der Waals surface area contributed by atoms with E-state index in [2.05, 4.69) is 20.6 Å². The van der Waals surface area contributed by atoms with Crippen molar-refractivity contribution in [1.82, 2.24) is 30.0 Å². The Hall–Kier alpha value is -3.42. The van der Waals surface area contributed by atoms with Gasteiger partial charge in [0.15, 0.2) is 0 Å². The fourth-order valence-electron chi connectivity index (χ4n) is 3.40. The summed E-state index contributed by atoms with van der Waals surface area (Å²) in [5.74, 6) is -0.0705. The number of benzene rings is 2. The van der Waals surface area contributed by atoms with E-state index in [4.69, 9.17) is 0 Å². The second kappa shape index (κ2) is 8.72. The first-order chi connectivity index (χ1) is 14.2. The number of unbranched alkanes of at least 4 members (excludes halogenated alkanes) is 4. The van der Waals surface area contributed by atoms with Gasteiger partial charge in [-0.05, 0) is 37.1 Å². The Morgan fingerprint density at radius 2 is 1.03 bits per heavy atom. The first kappa shape index (κ1) is 18.9. The largest absolute Gasteiger partial charge is 0.273 e. The Kier molecular flexibility index (Phi) is 5.69. The SMILES string of the molecule is O=C(CCCCCCCC(=O)n1nnc2ccccc21)n1nnc2ccccc21. The molecule has 0 N–H and O–H groups in total. The van der Waals surface area contributed by atoms with Gasteiger partial charge in [0.25, 0.3) is 0 Å². The number of carbonyl (C=O) groups excluding carboxylic acids is 2. The van der Waals surface area contributed by atoms with E-state index >= 15 is 0 Å². The number of aromatic nitrogens is 6. The van der Waals surface area contributed by atoms with E-state index in [0.29, 0.717) is 12.8 Å². The molecule has 29 heavy (non-hydrogen) atoms. The van der Waals surface area contributed by atoms with Crippen molar-refractivity contribution in [2.24, 2.45) is 0 Å². The smallest absolute Gasteiger partial charge is 0.248 e. The van der Waals surface area contributed by atoms with E-state index in [9.17, 15) is 9.59 Å². The van der Waals surface area contributed by atoms with Crippen molar-refractivity contribution in [2.75, 3.05) is 0 Å². The Labute approximate surface area is 167 Å². The molecule has 2 aromatic heterocycles. The minimum atomic E-state index is -0.0352. The van der Waals surface area contributed by atoms with Crippen LogP contribution in [0.2, 0.25) is 0 Å². The summed E-state index contributed by atoms with van der Waals surface area (Å²) >= 11 is 0. The van der Waals surface area contributed by atoms with Crippen LogP contribution in [0.15, 0.2) is 48.5 Å². The summed E-state index contributed by atoms with van der Waals surface area (Å²) in [6, 6.07) is 14.9. The molecule has 0 saturated heterocycles. The fraction of sp³-hybridized carbons (Fsp3) is 0.333. The Morgan fingerprint density at radius 3 is 1.52 bits per heavy atom. The highest BCUT2D eigenvalue weighted by Gasteiger charge is 2.12. The van der Waals surface area contributed by atoms with Crippen molar-refractivity contribution in [3.63, 3.8) is 0 Å². The van der Waals surface area contributed by atoms with Gasteiger partial charge in [0.2, 0.25) is 11.8 Å². The number of carbonyl (C=O) groups is 2. The minimum Gasteiger partial charge on any atom is -0.273 e. The highest BCUT2D eigenvalue weighted by atomic mass is 16.2. The van der Waals surface area contributed by atoms with Crippen LogP contribution >= 0.6 is 0 Å². The monoisotopic (exact) mass is 390 g/mol. The molecule has 8 heteroatoms. The highest BCUT2D eigenvalue weighted by molar-refractivity contribution is 5.89. The lowest BCUT2D eigenvalue weighted by molar-refractivity contribution is 0.0881. The zero-order valence-corrected chi connectivity index (χ0v) is 16.1. The number of hydrogen-bond acceptors (Lipinski definition) is 6. The molecule has 0 saturated carbocycles. The molecule has 0 radical (unpaired) electrons. The van der Waals surface area contributed by atoms with Crippen molar-refractivity contribution in [3.8, 4) is 0 Å². The molecule has 0 spiro atoms. The van der Waals surface area contributed by atoms with Gasteiger partial charge < -0.3 is 0 Å². The van der Waals surface area contributed by atoms with E-state index < -0.39 is 0 Å². The highest BCUT2D eigenvalue weighted by Crippen LogP contribution is 2.14. The standard InChI is InChI=1S/C21H22N6O2/c28-20(26-18-12-8-6-10-16(18)22-24-26)14-4-2-1-3-5-15-21(29)27-19-13-9-7-11-17(19)23-25-27/h6-13H,1-5,14-15H2. The van der Waals surface area contributed by atoms with Gasteiger partial charge in [0.05, 0.1) is 11.0 Å². The second-order valence-corrected chi connectivity index (χ2v) is 7.04. The van der Waals surface area contributed by atoms with E-state index in [1.807, 2.05) is 48.5 Å². The zero-order valence-electron chi connectivity index (χ0n) is 16.1. The van der Waals surface area contributed by atoms with E-state index in [1.165, 1.54) is 9.36 Å². The molecule has 4 aromatic rings. The predicted octanol–water partition coefficient (Wildman–Crippen LogP) is 3.89. The molecule has 4 rings (SSSR count). The van der Waals surface area contributed by atoms with Crippen LogP contribution in [0.3, 0.4) is 0 Å². The second-order valence-electron chi connectivity index (χ2n) is 7.04. The number of fused-ring (bicyclic) bond motifs is 2. The molecule has 0 unspecified atom stereocenters. The summed E-state index contributed by atoms with van der Waals surface area (Å²) in [7, 11) is 0. The molecule has 0 aliphatic rings. The first-order valence-electron chi connectivity index (χ1n) is 9.91. The third-order valence-electron chi connectivity index (χ3n) is 4.96. The van der Waals surface area contributed by atoms with Gasteiger partial charge in [0.1, 0.15) is 11.0 Å². The van der Waals surface area contributed by atoms with E-state index in [0.717, 1.165) is 54.2 Å². The van der Waals surface area contributed by atoms with Gasteiger partial charge in [-0.15, -0.1) is 10.2 Å². The third kappa shape index (κ3) is 4.21. The van der Waals surface area contributed by atoms with Crippen LogP contribution in [0.25, 0.3) is 22.1 Å². The first-order valence-corrected chi connectivity index (χ1v) is 9.91. The van der Waals surface area contributed by atoms with E-state index in [-0.39, 0.29) is 11.8 Å². The van der Waals surface area contributed by atoms with Gasteiger partial charge in [-0.3, -0.25) is 9.59 Å². The van der Waals surface area contributed by atoms with Gasteiger partial charge >= 0.3 is 0 Å². The number of rotatable bonds is 8. The zero-order chi connectivity index (χ0) is 20.1. The summed E-state index contributed by atoms with van der Waals surface area (Å²) < 4.78 is 2.77. The molecule has 0 atom stereocenters. The molecule has 0 aliphatic heterocycles. The summed E-state index contributed by atoms with van der Waals surface area (Å²) in [6.45, 7) is 0. The van der Waals surface area contributed by atoms with Crippen LogP contribution in [-0.4, -0.2) is 41.8 Å². The van der Waals surface area contributed by atoms with E-state index in [1.54, 1.807) is 0 Å². The van der Waals surface area contributed by atoms with Gasteiger partial charge in [-0.2, -0.15) is 9.36 Å². The molecule has 0 fully saturated rings. The van der Waals surface area contributed by atoms with Gasteiger partial charge in [-0.1, -0.05) is 54.0 Å². The lowest BCUT2D eigenvalue weighted by Gasteiger charge is -2.03. The molecular weight excluding hydrogens is 368 g/mol. The maximum atomic E-state index is 12.3. The number of nitrogens with zero attached hydrogens (tertiary/aromatic N) is 6. The average Bonchev–Trinajstić information content (AvgIpc) is 3.37. The Bertz CT molecular complexity index is 1060. The summed E-state index contributed by atoms with van der Waals surface area (Å²) in [6.07, 6.45) is 5.35. The van der Waals surface area contributed by atoms with Gasteiger partial charge in [-0.25, -0.2) is 0 Å². The van der Waals surface area contributed by atoms with Gasteiger partial charge in [0, 0.05) is 12.8 Å². The van der Waals surface area contributed by atoms with Crippen molar-refractivity contribution in [3.05, 3.63) is 48.5 Å². The molecule has 0 amide bonds. The average molecular weight is 390 g/mol. The van der Waals surface area contributed by atoms with Crippen LogP contribution in [0.4, 0.5) is 0 Å². The topological polar surface area (TPSA) is 95.6 Å². The maximum absolute atomic E-state index is 12.3. The molecule has 2 heterocycles. The summed E-state index contributed by atoms with van der Waals surface area (Å²) in [5.41, 5.74) is 2.95. The van der Waals surface area contributed by atoms with Crippen LogP contribution in [0.5, 0.6) is 0 Å². The van der Waals surface area contributed by atoms with Crippen LogP contribution < -0.4 is 0 Å². The maximum Gasteiger partial charge on any atom is 0.248 e. The fourth-order valence-corrected chi connectivity index (χ4v) is 3.40. The van der Waals surface area contributed by atoms with Crippen molar-refractivity contribution >= 4 is 33.9 Å². The normalized spacial score (nSPS) is 11.3. The molecule has 148 valence electrons. The lowest BCUT2D eigenvalue weighted by Crippen LogP contribution is -2.12. The van der Waals surface area contributed by atoms with Crippen molar-refractivity contribution in [1.29, 1.82) is 0 Å². The number of hydrogen-bond donors (Lipinski definition) is 0.